The Hall–Kier alpha value is -1.53. The minimum absolute atomic E-state index is 0.00974. The molecular weight excluding hydrogens is 506 g/mol. The molecule has 2 aliphatic rings. The van der Waals surface area contributed by atoms with Crippen molar-refractivity contribution in [3.8, 4) is 0 Å². The van der Waals surface area contributed by atoms with Crippen molar-refractivity contribution >= 4 is 14.4 Å². The second-order valence-electron chi connectivity index (χ2n) is 12.3. The monoisotopic (exact) mass is 553 g/mol. The normalized spacial score (nSPS) is 28.3. The molecule has 1 aromatic carbocycles. The number of nitrogens with one attached hydrogen (secondary N) is 1. The largest absolute Gasteiger partial charge is 0.445 e. The summed E-state index contributed by atoms with van der Waals surface area (Å²) in [5, 5.41) is 2.92. The SMILES string of the molecule is CO[C@H](CO[Si](C)(C)C(C)(C)C)C[C@H]1O[C@H]2[C@H](OCO[C@H]2NC(=O)OCc2ccccc2)[C@@H](OC)C1(C)C. The van der Waals surface area contributed by atoms with Crippen LogP contribution in [0, 0.1) is 5.41 Å². The average Bonchev–Trinajstić information content (AvgIpc) is 2.85. The third kappa shape index (κ3) is 7.35. The molecule has 0 unspecified atom stereocenters. The predicted molar refractivity (Wildman–Crippen MR) is 146 cm³/mol. The number of hydrogen-bond donors (Lipinski definition) is 1. The Morgan fingerprint density at radius 2 is 1.82 bits per heavy atom. The third-order valence-electron chi connectivity index (χ3n) is 8.29. The van der Waals surface area contributed by atoms with Crippen molar-refractivity contribution < 1.29 is 37.6 Å². The van der Waals surface area contributed by atoms with Crippen LogP contribution >= 0.6 is 0 Å². The average molecular weight is 554 g/mol. The number of hydrogen-bond acceptors (Lipinski definition) is 8. The summed E-state index contributed by atoms with van der Waals surface area (Å²) in [4.78, 5) is 12.6. The number of ether oxygens (including phenoxy) is 6. The van der Waals surface area contributed by atoms with Gasteiger partial charge in [0.1, 0.15) is 25.6 Å². The number of carbonyl (C=O) groups excluding carboxylic acids is 1. The van der Waals surface area contributed by atoms with Crippen molar-refractivity contribution in [2.45, 2.75) is 103 Å². The van der Waals surface area contributed by atoms with E-state index in [-0.39, 0.29) is 36.7 Å². The lowest BCUT2D eigenvalue weighted by atomic mass is 9.72. The van der Waals surface area contributed by atoms with Crippen molar-refractivity contribution in [1.29, 1.82) is 0 Å². The first kappa shape index (κ1) is 31.0. The molecule has 0 spiro atoms. The smallest absolute Gasteiger partial charge is 0.409 e. The highest BCUT2D eigenvalue weighted by atomic mass is 28.4. The quantitative estimate of drug-likeness (QED) is 0.411. The molecular formula is C28H47NO8Si. The van der Waals surface area contributed by atoms with Crippen LogP contribution in [0.5, 0.6) is 0 Å². The molecule has 2 fully saturated rings. The summed E-state index contributed by atoms with van der Waals surface area (Å²) >= 11 is 0. The number of alkyl carbamates (subject to hydrolysis) is 1. The van der Waals surface area contributed by atoms with E-state index in [1.807, 2.05) is 30.3 Å². The molecule has 9 nitrogen and oxygen atoms in total. The lowest BCUT2D eigenvalue weighted by Crippen LogP contribution is -2.68. The second-order valence-corrected chi connectivity index (χ2v) is 17.1. The lowest BCUT2D eigenvalue weighted by Gasteiger charge is -2.54. The Balaban J connectivity index is 1.69. The minimum atomic E-state index is -1.94. The van der Waals surface area contributed by atoms with Gasteiger partial charge in [0.2, 0.25) is 0 Å². The maximum absolute atomic E-state index is 12.6. The van der Waals surface area contributed by atoms with Crippen molar-refractivity contribution in [1.82, 2.24) is 5.32 Å². The zero-order valence-electron chi connectivity index (χ0n) is 24.4. The van der Waals surface area contributed by atoms with Gasteiger partial charge in [-0.25, -0.2) is 4.79 Å². The summed E-state index contributed by atoms with van der Waals surface area (Å²) in [5.41, 5.74) is 0.494. The van der Waals surface area contributed by atoms with Crippen LogP contribution in [0.1, 0.15) is 46.6 Å². The van der Waals surface area contributed by atoms with Crippen molar-refractivity contribution in [3.05, 3.63) is 35.9 Å². The summed E-state index contributed by atoms with van der Waals surface area (Å²) in [6.07, 6.45) is -2.50. The maximum atomic E-state index is 12.6. The van der Waals surface area contributed by atoms with Gasteiger partial charge in [0.15, 0.2) is 14.5 Å². The fourth-order valence-corrected chi connectivity index (χ4v) is 5.76. The predicted octanol–water partition coefficient (Wildman–Crippen LogP) is 4.85. The summed E-state index contributed by atoms with van der Waals surface area (Å²) in [5.74, 6) is 0. The van der Waals surface area contributed by atoms with Crippen LogP contribution in [0.25, 0.3) is 0 Å². The number of rotatable bonds is 10. The molecule has 0 radical (unpaired) electrons. The Morgan fingerprint density at radius 3 is 2.42 bits per heavy atom. The van der Waals surface area contributed by atoms with E-state index < -0.39 is 38.3 Å². The molecule has 1 aromatic rings. The van der Waals surface area contributed by atoms with Gasteiger partial charge in [-0.1, -0.05) is 65.0 Å². The molecule has 0 aliphatic carbocycles. The zero-order chi connectivity index (χ0) is 28.1. The fourth-order valence-electron chi connectivity index (χ4n) is 4.72. The molecule has 10 heteroatoms. The van der Waals surface area contributed by atoms with E-state index in [0.717, 1.165) is 5.56 Å². The highest BCUT2D eigenvalue weighted by Crippen LogP contribution is 2.44. The van der Waals surface area contributed by atoms with E-state index in [2.05, 4.69) is 53.0 Å². The molecule has 38 heavy (non-hydrogen) atoms. The third-order valence-corrected chi connectivity index (χ3v) is 12.8. The Bertz CT molecular complexity index is 891. The van der Waals surface area contributed by atoms with Gasteiger partial charge in [-0.15, -0.1) is 0 Å². The molecule has 1 amide bonds. The van der Waals surface area contributed by atoms with Crippen LogP contribution < -0.4 is 5.32 Å². The Kier molecular flexibility index (Phi) is 10.4. The molecule has 0 bridgehead atoms. The van der Waals surface area contributed by atoms with Crippen LogP contribution in [-0.4, -0.2) is 78.8 Å². The first-order chi connectivity index (χ1) is 17.8. The van der Waals surface area contributed by atoms with Crippen LogP contribution in [-0.2, 0) is 39.5 Å². The minimum Gasteiger partial charge on any atom is -0.445 e. The number of amides is 1. The first-order valence-corrected chi connectivity index (χ1v) is 16.3. The summed E-state index contributed by atoms with van der Waals surface area (Å²) in [6, 6.07) is 9.51. The van der Waals surface area contributed by atoms with Crippen LogP contribution in [0.3, 0.4) is 0 Å². The Labute approximate surface area is 228 Å². The van der Waals surface area contributed by atoms with Gasteiger partial charge >= 0.3 is 6.09 Å². The van der Waals surface area contributed by atoms with E-state index in [1.165, 1.54) is 0 Å². The van der Waals surface area contributed by atoms with Crippen LogP contribution in [0.2, 0.25) is 18.1 Å². The molecule has 2 heterocycles. The Morgan fingerprint density at radius 1 is 1.13 bits per heavy atom. The van der Waals surface area contributed by atoms with Gasteiger partial charge in [0.05, 0.1) is 24.9 Å². The van der Waals surface area contributed by atoms with Gasteiger partial charge in [0, 0.05) is 26.1 Å². The van der Waals surface area contributed by atoms with Crippen molar-refractivity contribution in [3.63, 3.8) is 0 Å². The van der Waals surface area contributed by atoms with Gasteiger partial charge in [-0.3, -0.25) is 5.32 Å². The molecule has 216 valence electrons. The van der Waals surface area contributed by atoms with Crippen LogP contribution in [0.15, 0.2) is 30.3 Å². The molecule has 3 rings (SSSR count). The summed E-state index contributed by atoms with van der Waals surface area (Å²) < 4.78 is 42.0. The molecule has 1 N–H and O–H groups in total. The van der Waals surface area contributed by atoms with Gasteiger partial charge in [-0.05, 0) is 23.7 Å². The summed E-state index contributed by atoms with van der Waals surface area (Å²) in [6.45, 7) is 16.0. The van der Waals surface area contributed by atoms with Gasteiger partial charge in [-0.2, -0.15) is 0 Å². The highest BCUT2D eigenvalue weighted by Gasteiger charge is 2.56. The lowest BCUT2D eigenvalue weighted by molar-refractivity contribution is -0.331. The van der Waals surface area contributed by atoms with Crippen LogP contribution in [0.4, 0.5) is 4.79 Å². The van der Waals surface area contributed by atoms with E-state index in [9.17, 15) is 4.79 Å². The molecule has 2 saturated heterocycles. The van der Waals surface area contributed by atoms with E-state index in [1.54, 1.807) is 14.2 Å². The second kappa shape index (κ2) is 12.8. The number of fused-ring (bicyclic) bond motifs is 1. The molecule has 0 aromatic heterocycles. The van der Waals surface area contributed by atoms with Crippen molar-refractivity contribution in [2.24, 2.45) is 5.41 Å². The van der Waals surface area contributed by atoms with E-state index >= 15 is 0 Å². The maximum Gasteiger partial charge on any atom is 0.409 e. The molecule has 6 atom stereocenters. The van der Waals surface area contributed by atoms with Crippen molar-refractivity contribution in [2.75, 3.05) is 27.6 Å². The van der Waals surface area contributed by atoms with E-state index in [0.29, 0.717) is 13.0 Å². The van der Waals surface area contributed by atoms with Gasteiger partial charge < -0.3 is 32.8 Å². The molecule has 2 aliphatic heterocycles. The van der Waals surface area contributed by atoms with E-state index in [4.69, 9.17) is 32.8 Å². The number of benzene rings is 1. The standard InChI is InChI=1S/C28H47NO8Si/c1-27(2,3)38(8,9)36-17-20(31-6)15-21-28(4,5)24(32-7)22-23(37-21)25(35-18-34-22)29-26(30)33-16-19-13-11-10-12-14-19/h10-14,20-25H,15-18H2,1-9H3,(H,29,30)/t20-,21+,22-,23-,24+,25+/m0/s1. The molecule has 0 saturated carbocycles. The summed E-state index contributed by atoms with van der Waals surface area (Å²) in [7, 11) is 1.43. The first-order valence-electron chi connectivity index (χ1n) is 13.4. The number of carbonyl (C=O) groups is 1. The zero-order valence-corrected chi connectivity index (χ0v) is 25.4. The number of methoxy groups -OCH3 is 2. The topological polar surface area (TPSA) is 93.7 Å². The highest BCUT2D eigenvalue weighted by molar-refractivity contribution is 6.74. The van der Waals surface area contributed by atoms with Gasteiger partial charge in [0.25, 0.3) is 0 Å². The fraction of sp³-hybridized carbons (Fsp3) is 0.750.